The number of carbonyl (C=O) groups is 1. The summed E-state index contributed by atoms with van der Waals surface area (Å²) in [6.07, 6.45) is 3.91. The smallest absolute Gasteiger partial charge is 0.227 e. The molecule has 3 heterocycles. The molecule has 0 bridgehead atoms. The number of halogens is 1. The van der Waals surface area contributed by atoms with E-state index in [1.165, 1.54) is 0 Å². The number of carbonyl (C=O) groups excluding carboxylic acids is 1. The Balaban J connectivity index is 1.33. The number of piperazine rings is 1. The molecule has 0 unspecified atom stereocenters. The number of anilines is 1. The Kier molecular flexibility index (Phi) is 5.48. The summed E-state index contributed by atoms with van der Waals surface area (Å²) in [6.45, 7) is 2.84. The quantitative estimate of drug-likeness (QED) is 0.681. The van der Waals surface area contributed by atoms with Gasteiger partial charge in [-0.05, 0) is 42.0 Å². The molecule has 0 N–H and O–H groups in total. The highest BCUT2D eigenvalue weighted by Gasteiger charge is 2.22. The summed E-state index contributed by atoms with van der Waals surface area (Å²) in [6, 6.07) is 15.2. The lowest BCUT2D eigenvalue weighted by molar-refractivity contribution is -0.130. The van der Waals surface area contributed by atoms with Crippen molar-refractivity contribution in [1.82, 2.24) is 20.1 Å². The third-order valence-electron chi connectivity index (χ3n) is 4.83. The minimum atomic E-state index is 0.139. The van der Waals surface area contributed by atoms with Crippen molar-refractivity contribution in [2.45, 2.75) is 6.42 Å². The van der Waals surface area contributed by atoms with Gasteiger partial charge in [0.15, 0.2) is 5.82 Å². The Labute approximate surface area is 168 Å². The van der Waals surface area contributed by atoms with Gasteiger partial charge in [0.1, 0.15) is 0 Å². The van der Waals surface area contributed by atoms with Crippen LogP contribution < -0.4 is 4.90 Å². The van der Waals surface area contributed by atoms with Crippen LogP contribution in [-0.4, -0.2) is 52.2 Å². The minimum absolute atomic E-state index is 0.139. The number of benzene rings is 1. The van der Waals surface area contributed by atoms with Gasteiger partial charge in [0.05, 0.1) is 12.1 Å². The van der Waals surface area contributed by atoms with Gasteiger partial charge >= 0.3 is 0 Å². The highest BCUT2D eigenvalue weighted by atomic mass is 35.5. The van der Waals surface area contributed by atoms with E-state index in [9.17, 15) is 4.79 Å². The Morgan fingerprint density at radius 1 is 0.964 bits per heavy atom. The van der Waals surface area contributed by atoms with Crippen LogP contribution in [0.25, 0.3) is 11.3 Å². The van der Waals surface area contributed by atoms with E-state index in [4.69, 9.17) is 11.6 Å². The lowest BCUT2D eigenvalue weighted by Gasteiger charge is -2.35. The molecule has 0 atom stereocenters. The van der Waals surface area contributed by atoms with Crippen molar-refractivity contribution >= 4 is 23.3 Å². The maximum absolute atomic E-state index is 12.5. The molecule has 1 saturated heterocycles. The van der Waals surface area contributed by atoms with Crippen LogP contribution >= 0.6 is 11.6 Å². The maximum atomic E-state index is 12.5. The molecule has 0 saturated carbocycles. The number of rotatable bonds is 4. The normalized spacial score (nSPS) is 14.2. The summed E-state index contributed by atoms with van der Waals surface area (Å²) in [5.74, 6) is 0.970. The topological polar surface area (TPSA) is 62.2 Å². The fourth-order valence-electron chi connectivity index (χ4n) is 3.24. The average molecular weight is 394 g/mol. The highest BCUT2D eigenvalue weighted by Crippen LogP contribution is 2.19. The van der Waals surface area contributed by atoms with E-state index in [1.807, 2.05) is 53.4 Å². The first-order chi connectivity index (χ1) is 13.7. The fraction of sp³-hybridized carbons (Fsp3) is 0.238. The van der Waals surface area contributed by atoms with Gasteiger partial charge < -0.3 is 9.80 Å². The second-order valence-corrected chi connectivity index (χ2v) is 7.13. The zero-order valence-electron chi connectivity index (χ0n) is 15.3. The molecule has 6 nitrogen and oxygen atoms in total. The molecule has 3 aromatic rings. The Morgan fingerprint density at radius 3 is 2.39 bits per heavy atom. The molecule has 142 valence electrons. The molecule has 1 fully saturated rings. The predicted octanol–water partition coefficient (Wildman–Crippen LogP) is 3.08. The molecular formula is C21H20ClN5O. The van der Waals surface area contributed by atoms with E-state index in [2.05, 4.69) is 20.1 Å². The van der Waals surface area contributed by atoms with Gasteiger partial charge in [-0.2, -0.15) is 0 Å². The van der Waals surface area contributed by atoms with Crippen LogP contribution in [0.2, 0.25) is 5.02 Å². The summed E-state index contributed by atoms with van der Waals surface area (Å²) in [4.78, 5) is 20.7. The molecule has 1 amide bonds. The molecule has 0 radical (unpaired) electrons. The maximum Gasteiger partial charge on any atom is 0.227 e. The number of hydrogen-bond donors (Lipinski definition) is 0. The van der Waals surface area contributed by atoms with Crippen LogP contribution in [0.3, 0.4) is 0 Å². The third kappa shape index (κ3) is 4.28. The van der Waals surface area contributed by atoms with Gasteiger partial charge in [-0.3, -0.25) is 9.78 Å². The largest absolute Gasteiger partial charge is 0.352 e. The molecule has 0 spiro atoms. The fourth-order valence-corrected chi connectivity index (χ4v) is 3.36. The number of amides is 1. The zero-order valence-corrected chi connectivity index (χ0v) is 16.1. The number of nitrogens with zero attached hydrogens (tertiary/aromatic N) is 5. The first-order valence-electron chi connectivity index (χ1n) is 9.20. The molecule has 1 aliphatic rings. The molecule has 4 rings (SSSR count). The monoisotopic (exact) mass is 393 g/mol. The van der Waals surface area contributed by atoms with Crippen LogP contribution in [0.5, 0.6) is 0 Å². The first-order valence-corrected chi connectivity index (χ1v) is 9.58. The van der Waals surface area contributed by atoms with Gasteiger partial charge in [0, 0.05) is 49.2 Å². The first kappa shape index (κ1) is 18.4. The van der Waals surface area contributed by atoms with Crippen LogP contribution in [0.15, 0.2) is 60.9 Å². The minimum Gasteiger partial charge on any atom is -0.352 e. The number of aromatic nitrogens is 3. The van der Waals surface area contributed by atoms with Gasteiger partial charge in [-0.1, -0.05) is 23.7 Å². The van der Waals surface area contributed by atoms with Gasteiger partial charge in [0.25, 0.3) is 0 Å². The van der Waals surface area contributed by atoms with E-state index in [0.717, 1.165) is 35.7 Å². The van der Waals surface area contributed by atoms with Crippen molar-refractivity contribution in [2.75, 3.05) is 31.1 Å². The summed E-state index contributed by atoms with van der Waals surface area (Å²) in [7, 11) is 0. The van der Waals surface area contributed by atoms with Crippen molar-refractivity contribution in [1.29, 1.82) is 0 Å². The van der Waals surface area contributed by atoms with E-state index < -0.39 is 0 Å². The molecule has 1 aliphatic heterocycles. The Bertz CT molecular complexity index is 923. The van der Waals surface area contributed by atoms with E-state index in [-0.39, 0.29) is 5.91 Å². The lowest BCUT2D eigenvalue weighted by Crippen LogP contribution is -2.49. The van der Waals surface area contributed by atoms with Crippen LogP contribution in [0.4, 0.5) is 5.82 Å². The van der Waals surface area contributed by atoms with E-state index in [0.29, 0.717) is 24.5 Å². The molecular weight excluding hydrogens is 374 g/mol. The number of pyridine rings is 1. The standard InChI is InChI=1S/C21H20ClN5O/c22-18-5-3-16(4-6-18)14-21(28)27-12-10-26(11-13-27)20-8-7-19(24-25-20)17-2-1-9-23-15-17/h1-9,15H,10-14H2. The second kappa shape index (κ2) is 8.35. The summed E-state index contributed by atoms with van der Waals surface area (Å²) in [5.41, 5.74) is 2.72. The van der Waals surface area contributed by atoms with Crippen LogP contribution in [0.1, 0.15) is 5.56 Å². The molecule has 28 heavy (non-hydrogen) atoms. The SMILES string of the molecule is O=C(Cc1ccc(Cl)cc1)N1CCN(c2ccc(-c3cccnc3)nn2)CC1. The summed E-state index contributed by atoms with van der Waals surface area (Å²) < 4.78 is 0. The van der Waals surface area contributed by atoms with Crippen molar-refractivity contribution in [3.05, 3.63) is 71.5 Å². The Hall–Kier alpha value is -2.99. The highest BCUT2D eigenvalue weighted by molar-refractivity contribution is 6.30. The van der Waals surface area contributed by atoms with Gasteiger partial charge in [-0.25, -0.2) is 0 Å². The molecule has 2 aromatic heterocycles. The van der Waals surface area contributed by atoms with Crippen molar-refractivity contribution in [3.63, 3.8) is 0 Å². The van der Waals surface area contributed by atoms with Crippen LogP contribution in [-0.2, 0) is 11.2 Å². The van der Waals surface area contributed by atoms with Crippen LogP contribution in [0, 0.1) is 0 Å². The third-order valence-corrected chi connectivity index (χ3v) is 5.08. The van der Waals surface area contributed by atoms with E-state index in [1.54, 1.807) is 12.4 Å². The molecule has 1 aromatic carbocycles. The lowest BCUT2D eigenvalue weighted by atomic mass is 10.1. The van der Waals surface area contributed by atoms with E-state index >= 15 is 0 Å². The van der Waals surface area contributed by atoms with Crippen molar-refractivity contribution < 1.29 is 4.79 Å². The number of hydrogen-bond acceptors (Lipinski definition) is 5. The van der Waals surface area contributed by atoms with Crippen molar-refractivity contribution in [3.8, 4) is 11.3 Å². The molecule has 0 aliphatic carbocycles. The summed E-state index contributed by atoms with van der Waals surface area (Å²) in [5, 5.41) is 9.36. The Morgan fingerprint density at radius 2 is 1.75 bits per heavy atom. The molecule has 7 heteroatoms. The van der Waals surface area contributed by atoms with Gasteiger partial charge in [0.2, 0.25) is 5.91 Å². The zero-order chi connectivity index (χ0) is 19.3. The van der Waals surface area contributed by atoms with Crippen molar-refractivity contribution in [2.24, 2.45) is 0 Å². The predicted molar refractivity (Wildman–Crippen MR) is 109 cm³/mol. The second-order valence-electron chi connectivity index (χ2n) is 6.69. The average Bonchev–Trinajstić information content (AvgIpc) is 2.76. The summed E-state index contributed by atoms with van der Waals surface area (Å²) >= 11 is 5.90. The van der Waals surface area contributed by atoms with Gasteiger partial charge in [-0.15, -0.1) is 10.2 Å².